The Balaban J connectivity index is 1.96. The van der Waals surface area contributed by atoms with Crippen LogP contribution in [0.25, 0.3) is 0 Å². The normalized spacial score (nSPS) is 21.2. The van der Waals surface area contributed by atoms with E-state index in [0.717, 1.165) is 16.8 Å². The highest BCUT2D eigenvalue weighted by atomic mass is 79.9. The number of halogens is 1. The van der Waals surface area contributed by atoms with Crippen molar-refractivity contribution in [3.05, 3.63) is 10.7 Å². The lowest BCUT2D eigenvalue weighted by atomic mass is 10.2. The van der Waals surface area contributed by atoms with E-state index in [1.54, 1.807) is 6.20 Å². The van der Waals surface area contributed by atoms with Crippen molar-refractivity contribution in [2.45, 2.75) is 18.9 Å². The third-order valence-electron chi connectivity index (χ3n) is 2.94. The van der Waals surface area contributed by atoms with Gasteiger partial charge in [0.1, 0.15) is 5.82 Å². The summed E-state index contributed by atoms with van der Waals surface area (Å²) in [7, 11) is 2.16. The fraction of sp³-hybridized carbons (Fsp3) is 0.600. The number of nitrogen functional groups attached to an aromatic ring is 1. The summed E-state index contributed by atoms with van der Waals surface area (Å²) in [6, 6.07) is 0.586. The van der Waals surface area contributed by atoms with Gasteiger partial charge in [-0.15, -0.1) is 0 Å². The molecular formula is C10H16BrN5. The molecule has 1 aliphatic heterocycles. The van der Waals surface area contributed by atoms with Gasteiger partial charge < -0.3 is 16.0 Å². The fourth-order valence-corrected chi connectivity index (χ4v) is 2.29. The second-order valence-electron chi connectivity index (χ2n) is 4.08. The Labute approximate surface area is 104 Å². The second kappa shape index (κ2) is 4.97. The smallest absolute Gasteiger partial charge is 0.221 e. The predicted octanol–water partition coefficient (Wildman–Crippen LogP) is 1.33. The lowest BCUT2D eigenvalue weighted by Gasteiger charge is -2.20. The van der Waals surface area contributed by atoms with Gasteiger partial charge in [0.2, 0.25) is 5.95 Å². The summed E-state index contributed by atoms with van der Waals surface area (Å²) in [4.78, 5) is 10.4. The van der Waals surface area contributed by atoms with Gasteiger partial charge in [-0.25, -0.2) is 4.98 Å². The van der Waals surface area contributed by atoms with Gasteiger partial charge in [0, 0.05) is 18.8 Å². The maximum absolute atomic E-state index is 5.55. The average Bonchev–Trinajstić information content (AvgIpc) is 2.66. The minimum atomic E-state index is 0.297. The molecule has 1 saturated heterocycles. The number of likely N-dealkylation sites (tertiary alicyclic amines) is 1. The van der Waals surface area contributed by atoms with Crippen LogP contribution < -0.4 is 11.1 Å². The standard InChI is InChI=1S/C10H16BrN5/c1-16-4-2-3-7(16)5-13-9-8(11)6-14-10(12)15-9/h6-7H,2-5H2,1H3,(H3,12,13,14,15). The molecule has 5 nitrogen and oxygen atoms in total. The van der Waals surface area contributed by atoms with Crippen LogP contribution in [0, 0.1) is 0 Å². The molecule has 1 unspecified atom stereocenters. The van der Waals surface area contributed by atoms with Gasteiger partial charge in [-0.3, -0.25) is 0 Å². The van der Waals surface area contributed by atoms with Crippen molar-refractivity contribution in [2.24, 2.45) is 0 Å². The average molecular weight is 286 g/mol. The maximum Gasteiger partial charge on any atom is 0.221 e. The number of nitrogens with one attached hydrogen (secondary N) is 1. The van der Waals surface area contributed by atoms with E-state index in [9.17, 15) is 0 Å². The van der Waals surface area contributed by atoms with Crippen LogP contribution in [0.5, 0.6) is 0 Å². The number of rotatable bonds is 3. The molecule has 0 aromatic carbocycles. The van der Waals surface area contributed by atoms with E-state index >= 15 is 0 Å². The third kappa shape index (κ3) is 2.62. The zero-order valence-corrected chi connectivity index (χ0v) is 10.9. The quantitative estimate of drug-likeness (QED) is 0.877. The fourth-order valence-electron chi connectivity index (χ4n) is 1.96. The molecule has 1 fully saturated rings. The molecule has 0 bridgehead atoms. The highest BCUT2D eigenvalue weighted by molar-refractivity contribution is 9.10. The molecule has 0 aliphatic carbocycles. The third-order valence-corrected chi connectivity index (χ3v) is 3.52. The first-order chi connectivity index (χ1) is 7.66. The molecule has 2 heterocycles. The summed E-state index contributed by atoms with van der Waals surface area (Å²) in [5.41, 5.74) is 5.55. The molecule has 0 amide bonds. The Kier molecular flexibility index (Phi) is 3.60. The first kappa shape index (κ1) is 11.6. The zero-order chi connectivity index (χ0) is 11.5. The van der Waals surface area contributed by atoms with E-state index in [1.807, 2.05) is 0 Å². The predicted molar refractivity (Wildman–Crippen MR) is 68.3 cm³/mol. The molecule has 0 saturated carbocycles. The molecule has 2 rings (SSSR count). The van der Waals surface area contributed by atoms with E-state index in [0.29, 0.717) is 12.0 Å². The first-order valence-electron chi connectivity index (χ1n) is 5.39. The lowest BCUT2D eigenvalue weighted by molar-refractivity contribution is 0.322. The summed E-state index contributed by atoms with van der Waals surface area (Å²) >= 11 is 3.40. The molecule has 1 aliphatic rings. The molecule has 1 aromatic heterocycles. The molecule has 0 radical (unpaired) electrons. The summed E-state index contributed by atoms with van der Waals surface area (Å²) in [5.74, 6) is 1.07. The van der Waals surface area contributed by atoms with E-state index in [4.69, 9.17) is 5.73 Å². The van der Waals surface area contributed by atoms with Crippen LogP contribution >= 0.6 is 15.9 Å². The molecule has 0 spiro atoms. The van der Waals surface area contributed by atoms with E-state index < -0.39 is 0 Å². The Morgan fingerprint density at radius 1 is 1.69 bits per heavy atom. The van der Waals surface area contributed by atoms with Crippen molar-refractivity contribution in [1.82, 2.24) is 14.9 Å². The number of nitrogens with two attached hydrogens (primary N) is 1. The molecular weight excluding hydrogens is 270 g/mol. The van der Waals surface area contributed by atoms with Crippen molar-refractivity contribution >= 4 is 27.7 Å². The number of aromatic nitrogens is 2. The summed E-state index contributed by atoms with van der Waals surface area (Å²) in [6.07, 6.45) is 4.18. The van der Waals surface area contributed by atoms with Crippen molar-refractivity contribution in [2.75, 3.05) is 31.2 Å². The highest BCUT2D eigenvalue weighted by Crippen LogP contribution is 2.21. The Morgan fingerprint density at radius 3 is 3.19 bits per heavy atom. The molecule has 1 atom stereocenters. The first-order valence-corrected chi connectivity index (χ1v) is 6.18. The van der Waals surface area contributed by atoms with Crippen molar-refractivity contribution in [1.29, 1.82) is 0 Å². The van der Waals surface area contributed by atoms with Crippen LogP contribution in [0.4, 0.5) is 11.8 Å². The second-order valence-corrected chi connectivity index (χ2v) is 4.94. The molecule has 1 aromatic rings. The largest absolute Gasteiger partial charge is 0.368 e. The van der Waals surface area contributed by atoms with Crippen LogP contribution in [0.1, 0.15) is 12.8 Å². The van der Waals surface area contributed by atoms with E-state index in [-0.39, 0.29) is 0 Å². The minimum absolute atomic E-state index is 0.297. The Hall–Kier alpha value is -0.880. The molecule has 3 N–H and O–H groups in total. The summed E-state index contributed by atoms with van der Waals surface area (Å²) in [5, 5.41) is 3.31. The molecule has 6 heteroatoms. The zero-order valence-electron chi connectivity index (χ0n) is 9.28. The number of nitrogens with zero attached hydrogens (tertiary/aromatic N) is 3. The number of anilines is 2. The topological polar surface area (TPSA) is 67.1 Å². The summed E-state index contributed by atoms with van der Waals surface area (Å²) < 4.78 is 0.849. The lowest BCUT2D eigenvalue weighted by Crippen LogP contribution is -2.31. The van der Waals surface area contributed by atoms with Crippen LogP contribution in [-0.4, -0.2) is 41.0 Å². The molecule has 16 heavy (non-hydrogen) atoms. The SMILES string of the molecule is CN1CCCC1CNc1nc(N)ncc1Br. The van der Waals surface area contributed by atoms with Crippen LogP contribution in [0.15, 0.2) is 10.7 Å². The summed E-state index contributed by atoms with van der Waals surface area (Å²) in [6.45, 7) is 2.07. The van der Waals surface area contributed by atoms with Gasteiger partial charge in [-0.2, -0.15) is 4.98 Å². The van der Waals surface area contributed by atoms with Crippen LogP contribution in [0.3, 0.4) is 0 Å². The Bertz CT molecular complexity index is 370. The van der Waals surface area contributed by atoms with E-state index in [2.05, 4.69) is 43.2 Å². The van der Waals surface area contributed by atoms with Crippen LogP contribution in [0.2, 0.25) is 0 Å². The Morgan fingerprint density at radius 2 is 2.50 bits per heavy atom. The van der Waals surface area contributed by atoms with Crippen molar-refractivity contribution in [3.63, 3.8) is 0 Å². The monoisotopic (exact) mass is 285 g/mol. The van der Waals surface area contributed by atoms with Gasteiger partial charge in [0.25, 0.3) is 0 Å². The number of likely N-dealkylation sites (N-methyl/N-ethyl adjacent to an activating group) is 1. The minimum Gasteiger partial charge on any atom is -0.368 e. The highest BCUT2D eigenvalue weighted by Gasteiger charge is 2.20. The molecule has 88 valence electrons. The van der Waals surface area contributed by atoms with Gasteiger partial charge in [-0.1, -0.05) is 0 Å². The van der Waals surface area contributed by atoms with Gasteiger partial charge in [0.15, 0.2) is 0 Å². The van der Waals surface area contributed by atoms with Crippen LogP contribution in [-0.2, 0) is 0 Å². The number of hydrogen-bond acceptors (Lipinski definition) is 5. The van der Waals surface area contributed by atoms with Gasteiger partial charge in [-0.05, 0) is 42.4 Å². The van der Waals surface area contributed by atoms with Crippen molar-refractivity contribution in [3.8, 4) is 0 Å². The number of hydrogen-bond donors (Lipinski definition) is 2. The van der Waals surface area contributed by atoms with Gasteiger partial charge >= 0.3 is 0 Å². The van der Waals surface area contributed by atoms with Gasteiger partial charge in [0.05, 0.1) is 4.47 Å². The maximum atomic E-state index is 5.55. The van der Waals surface area contributed by atoms with Crippen molar-refractivity contribution < 1.29 is 0 Å². The van der Waals surface area contributed by atoms with E-state index in [1.165, 1.54) is 19.4 Å².